The van der Waals surface area contributed by atoms with Gasteiger partial charge in [-0.15, -0.1) is 10.2 Å². The molecule has 0 spiro atoms. The smallest absolute Gasteiger partial charge is 0.102 e. The first-order chi connectivity index (χ1) is 26.8. The number of benzene rings is 5. The third-order valence-electron chi connectivity index (χ3n) is 9.86. The predicted octanol–water partition coefficient (Wildman–Crippen LogP) is 11.0. The van der Waals surface area contributed by atoms with Crippen molar-refractivity contribution in [3.63, 3.8) is 0 Å². The lowest BCUT2D eigenvalue weighted by atomic mass is 9.85. The van der Waals surface area contributed by atoms with Crippen molar-refractivity contribution in [3.8, 4) is 0 Å². The number of nitrogens with zero attached hydrogens (tertiary/aromatic N) is 8. The first kappa shape index (κ1) is 35.7. The zero-order valence-electron chi connectivity index (χ0n) is 29.3. The van der Waals surface area contributed by atoms with E-state index in [0.29, 0.717) is 36.2 Å². The van der Waals surface area contributed by atoms with Gasteiger partial charge in [-0.3, -0.25) is 0 Å². The van der Waals surface area contributed by atoms with Crippen LogP contribution >= 0.6 is 55.1 Å². The third kappa shape index (κ3) is 7.64. The Morgan fingerprint density at radius 1 is 0.509 bits per heavy atom. The van der Waals surface area contributed by atoms with Crippen LogP contribution in [0.1, 0.15) is 45.1 Å². The van der Waals surface area contributed by atoms with E-state index < -0.39 is 0 Å². The summed E-state index contributed by atoms with van der Waals surface area (Å²) in [6.45, 7) is 2.37. The number of halogens is 4. The molecule has 8 nitrogen and oxygen atoms in total. The van der Waals surface area contributed by atoms with Crippen LogP contribution in [0.4, 0.5) is 0 Å². The van der Waals surface area contributed by atoms with Crippen molar-refractivity contribution in [2.45, 2.75) is 32.1 Å². The van der Waals surface area contributed by atoms with Gasteiger partial charge < -0.3 is 9.13 Å². The molecule has 0 bridgehead atoms. The molecule has 55 heavy (non-hydrogen) atoms. The highest BCUT2D eigenvalue weighted by atomic mass is 79.9. The minimum atomic E-state index is -0.0847. The molecule has 0 unspecified atom stereocenters. The minimum absolute atomic E-state index is 0.0847. The maximum absolute atomic E-state index is 6.11. The minimum Gasteiger partial charge on any atom is -0.341 e. The molecule has 0 aliphatic carbocycles. The molecule has 12 heteroatoms. The van der Waals surface area contributed by atoms with Crippen LogP contribution in [0.15, 0.2) is 149 Å². The standard InChI is InChI=1S/C43H32Br2Cl2N8/c44-31-10-16-41-37(18-31)39(26-52(41)22-35-24-54(50-48-35)20-28-6-12-33(46)13-7-28)43(30-4-2-1-3-5-30)40-27-53(42-17-11-32(45)19-38(40)42)23-36-25-55(51-49-36)21-29-8-14-34(47)15-9-29/h1-19,24-27,43H,20-23H2. The Kier molecular flexibility index (Phi) is 9.90. The number of fused-ring (bicyclic) bond motifs is 2. The van der Waals surface area contributed by atoms with Crippen molar-refractivity contribution in [2.75, 3.05) is 0 Å². The Morgan fingerprint density at radius 3 is 1.42 bits per heavy atom. The molecule has 0 N–H and O–H groups in total. The molecule has 4 aromatic heterocycles. The summed E-state index contributed by atoms with van der Waals surface area (Å²) in [5.41, 5.74) is 9.80. The number of aromatic nitrogens is 8. The van der Waals surface area contributed by atoms with Gasteiger partial charge >= 0.3 is 0 Å². The molecule has 0 fully saturated rings. The van der Waals surface area contributed by atoms with Crippen LogP contribution in [0.2, 0.25) is 10.0 Å². The molecule has 9 aromatic rings. The highest BCUT2D eigenvalue weighted by Crippen LogP contribution is 2.42. The van der Waals surface area contributed by atoms with E-state index in [-0.39, 0.29) is 5.92 Å². The maximum Gasteiger partial charge on any atom is 0.102 e. The molecule has 272 valence electrons. The topological polar surface area (TPSA) is 71.3 Å². The quantitative estimate of drug-likeness (QED) is 0.130. The van der Waals surface area contributed by atoms with Crippen LogP contribution in [0.3, 0.4) is 0 Å². The van der Waals surface area contributed by atoms with E-state index in [9.17, 15) is 0 Å². The predicted molar refractivity (Wildman–Crippen MR) is 226 cm³/mol. The molecule has 0 aliphatic rings. The molecule has 0 atom stereocenters. The van der Waals surface area contributed by atoms with Gasteiger partial charge in [0.05, 0.1) is 38.6 Å². The van der Waals surface area contributed by atoms with Crippen molar-refractivity contribution in [3.05, 3.63) is 198 Å². The lowest BCUT2D eigenvalue weighted by molar-refractivity contribution is 0.649. The molecule has 9 rings (SSSR count). The van der Waals surface area contributed by atoms with Gasteiger partial charge in [0.1, 0.15) is 11.4 Å². The highest BCUT2D eigenvalue weighted by Gasteiger charge is 2.26. The number of rotatable bonds is 11. The fourth-order valence-corrected chi connectivity index (χ4v) is 8.34. The summed E-state index contributed by atoms with van der Waals surface area (Å²) in [6, 6.07) is 39.4. The van der Waals surface area contributed by atoms with Gasteiger partial charge in [-0.05, 0) is 88.5 Å². The van der Waals surface area contributed by atoms with E-state index in [4.69, 9.17) is 23.2 Å². The van der Waals surface area contributed by atoms with E-state index in [1.807, 2.05) is 70.3 Å². The zero-order valence-corrected chi connectivity index (χ0v) is 34.0. The molecule has 5 aromatic carbocycles. The van der Waals surface area contributed by atoms with Gasteiger partial charge in [-0.1, -0.05) is 120 Å². The highest BCUT2D eigenvalue weighted by molar-refractivity contribution is 9.10. The second-order valence-corrected chi connectivity index (χ2v) is 16.4. The number of hydrogen-bond acceptors (Lipinski definition) is 4. The van der Waals surface area contributed by atoms with Crippen molar-refractivity contribution in [1.82, 2.24) is 39.1 Å². The van der Waals surface area contributed by atoms with E-state index >= 15 is 0 Å². The second-order valence-electron chi connectivity index (χ2n) is 13.7. The Labute approximate surface area is 344 Å². The van der Waals surface area contributed by atoms with Gasteiger partial charge in [-0.25, -0.2) is 9.36 Å². The van der Waals surface area contributed by atoms with Gasteiger partial charge in [0, 0.05) is 59.1 Å². The fraction of sp³-hybridized carbons (Fsp3) is 0.116. The van der Waals surface area contributed by atoms with E-state index in [2.05, 4.69) is 141 Å². The first-order valence-corrected chi connectivity index (χ1v) is 20.1. The third-order valence-corrected chi connectivity index (χ3v) is 11.3. The summed E-state index contributed by atoms with van der Waals surface area (Å²) in [5, 5.41) is 21.8. The van der Waals surface area contributed by atoms with Gasteiger partial charge in [-0.2, -0.15) is 0 Å². The Bertz CT molecular complexity index is 2600. The van der Waals surface area contributed by atoms with Crippen molar-refractivity contribution < 1.29 is 0 Å². The Hall–Kier alpha value is -5.00. The van der Waals surface area contributed by atoms with E-state index in [1.165, 1.54) is 16.7 Å². The van der Waals surface area contributed by atoms with Crippen LogP contribution < -0.4 is 0 Å². The van der Waals surface area contributed by atoms with Gasteiger partial charge in [0.2, 0.25) is 0 Å². The first-order valence-electron chi connectivity index (χ1n) is 17.7. The normalized spacial score (nSPS) is 11.7. The lowest BCUT2D eigenvalue weighted by Crippen LogP contribution is -2.04. The lowest BCUT2D eigenvalue weighted by Gasteiger charge is -2.17. The zero-order chi connectivity index (χ0) is 37.5. The molecule has 0 saturated heterocycles. The molecule has 0 radical (unpaired) electrons. The maximum atomic E-state index is 6.11. The monoisotopic (exact) mass is 888 g/mol. The van der Waals surface area contributed by atoms with E-state index in [1.54, 1.807) is 0 Å². The molecular weight excluding hydrogens is 859 g/mol. The van der Waals surface area contributed by atoms with Crippen LogP contribution in [0.25, 0.3) is 21.8 Å². The molecule has 0 aliphatic heterocycles. The van der Waals surface area contributed by atoms with Crippen molar-refractivity contribution in [1.29, 1.82) is 0 Å². The average Bonchev–Trinajstić information content (AvgIpc) is 3.98. The summed E-state index contributed by atoms with van der Waals surface area (Å²) >= 11 is 19.8. The van der Waals surface area contributed by atoms with Crippen molar-refractivity contribution >= 4 is 76.9 Å². The van der Waals surface area contributed by atoms with Gasteiger partial charge in [0.25, 0.3) is 0 Å². The molecule has 4 heterocycles. The second kappa shape index (κ2) is 15.3. The van der Waals surface area contributed by atoms with Crippen LogP contribution in [0.5, 0.6) is 0 Å². The molecular formula is C43H32Br2Cl2N8. The van der Waals surface area contributed by atoms with Gasteiger partial charge in [0.15, 0.2) is 0 Å². The van der Waals surface area contributed by atoms with Crippen molar-refractivity contribution in [2.24, 2.45) is 0 Å². The number of hydrogen-bond donors (Lipinski definition) is 0. The average molecular weight is 891 g/mol. The van der Waals surface area contributed by atoms with Crippen LogP contribution in [-0.2, 0) is 26.2 Å². The SMILES string of the molecule is Clc1ccc(Cn2cc(Cn3cc(C(c4ccccc4)c4cn(Cc5cn(Cc6ccc(Cl)cc6)nn5)c5ccc(Br)cc45)c4cc(Br)ccc43)nn2)cc1. The van der Waals surface area contributed by atoms with Crippen LogP contribution in [-0.4, -0.2) is 39.1 Å². The summed E-state index contributed by atoms with van der Waals surface area (Å²) in [7, 11) is 0. The molecule has 0 saturated carbocycles. The van der Waals surface area contributed by atoms with E-state index in [0.717, 1.165) is 53.3 Å². The fourth-order valence-electron chi connectivity index (χ4n) is 7.37. The molecule has 0 amide bonds. The Morgan fingerprint density at radius 2 is 0.964 bits per heavy atom. The summed E-state index contributed by atoms with van der Waals surface area (Å²) in [6.07, 6.45) is 8.61. The summed E-state index contributed by atoms with van der Waals surface area (Å²) in [5.74, 6) is -0.0847. The Balaban J connectivity index is 1.11. The summed E-state index contributed by atoms with van der Waals surface area (Å²) < 4.78 is 10.4. The largest absolute Gasteiger partial charge is 0.341 e. The summed E-state index contributed by atoms with van der Waals surface area (Å²) in [4.78, 5) is 0. The van der Waals surface area contributed by atoms with Crippen LogP contribution in [0, 0.1) is 0 Å².